The van der Waals surface area contributed by atoms with E-state index in [-0.39, 0.29) is 37.7 Å². The first kappa shape index (κ1) is 31.8. The van der Waals surface area contributed by atoms with Crippen LogP contribution in [0, 0.1) is 0 Å². The highest BCUT2D eigenvalue weighted by Crippen LogP contribution is 2.26. The predicted molar refractivity (Wildman–Crippen MR) is 165 cm³/mol. The van der Waals surface area contributed by atoms with Crippen molar-refractivity contribution in [3.05, 3.63) is 114 Å². The molecule has 4 aromatic rings. The van der Waals surface area contributed by atoms with Gasteiger partial charge < -0.3 is 28.8 Å². The molecule has 0 unspecified atom stereocenters. The molecule has 1 aromatic heterocycles. The third kappa shape index (κ3) is 8.09. The largest absolute Gasteiger partial charge is 0.497 e. The molecule has 2 amide bonds. The molecule has 1 aliphatic heterocycles. The third-order valence-electron chi connectivity index (χ3n) is 7.32. The Hall–Kier alpha value is -4.65. The lowest BCUT2D eigenvalue weighted by molar-refractivity contribution is -0.143. The number of methoxy groups -OCH3 is 1. The first-order valence-corrected chi connectivity index (χ1v) is 15.9. The fraction of sp³-hybridized carbons (Fsp3) is 0.273. The lowest BCUT2D eigenvalue weighted by Crippen LogP contribution is -2.45. The summed E-state index contributed by atoms with van der Waals surface area (Å²) in [5, 5.41) is 2.89. The number of carbonyl (C=O) groups excluding carboxylic acids is 2. The average Bonchev–Trinajstić information content (AvgIpc) is 3.61. The van der Waals surface area contributed by atoms with Gasteiger partial charge in [-0.1, -0.05) is 42.5 Å². The summed E-state index contributed by atoms with van der Waals surface area (Å²) in [5.41, 5.74) is 1.40. The zero-order valence-electron chi connectivity index (χ0n) is 24.8. The minimum Gasteiger partial charge on any atom is -0.497 e. The van der Waals surface area contributed by atoms with Gasteiger partial charge in [-0.3, -0.25) is 9.59 Å². The predicted octanol–water partition coefficient (Wildman–Crippen LogP) is 3.77. The third-order valence-corrected chi connectivity index (χ3v) is 9.23. The molecule has 236 valence electrons. The van der Waals surface area contributed by atoms with Gasteiger partial charge in [-0.2, -0.15) is 4.31 Å². The summed E-state index contributed by atoms with van der Waals surface area (Å²) >= 11 is 0. The maximum atomic E-state index is 13.9. The van der Waals surface area contributed by atoms with Gasteiger partial charge in [0.05, 0.1) is 38.0 Å². The van der Waals surface area contributed by atoms with Gasteiger partial charge in [0.25, 0.3) is 5.91 Å². The first-order chi connectivity index (χ1) is 21.8. The van der Waals surface area contributed by atoms with E-state index < -0.39 is 27.9 Å². The molecule has 1 aliphatic rings. The molecule has 0 bridgehead atoms. The summed E-state index contributed by atoms with van der Waals surface area (Å²) in [6.07, 6.45) is 1.53. The van der Waals surface area contributed by atoms with Crippen molar-refractivity contribution in [3.63, 3.8) is 0 Å². The number of sulfonamides is 1. The Morgan fingerprint density at radius 3 is 2.24 bits per heavy atom. The lowest BCUT2D eigenvalue weighted by Gasteiger charge is -2.31. The highest BCUT2D eigenvalue weighted by molar-refractivity contribution is 7.89. The fourth-order valence-electron chi connectivity index (χ4n) is 4.92. The number of ether oxygens (including phenoxy) is 3. The molecular formula is C33H35N3O8S. The molecule has 5 rings (SSSR count). The molecule has 11 nitrogen and oxygen atoms in total. The molecule has 0 saturated carbocycles. The van der Waals surface area contributed by atoms with Crippen molar-refractivity contribution in [1.82, 2.24) is 14.5 Å². The van der Waals surface area contributed by atoms with Gasteiger partial charge >= 0.3 is 0 Å². The highest BCUT2D eigenvalue weighted by atomic mass is 32.2. The van der Waals surface area contributed by atoms with Crippen molar-refractivity contribution in [3.8, 4) is 11.5 Å². The van der Waals surface area contributed by atoms with Crippen LogP contribution in [0.25, 0.3) is 0 Å². The fourth-order valence-corrected chi connectivity index (χ4v) is 6.32. The molecule has 0 spiro atoms. The Morgan fingerprint density at radius 1 is 0.911 bits per heavy atom. The number of hydrogen-bond acceptors (Lipinski definition) is 8. The van der Waals surface area contributed by atoms with E-state index in [9.17, 15) is 18.0 Å². The number of carbonyl (C=O) groups is 2. The van der Waals surface area contributed by atoms with Gasteiger partial charge in [0, 0.05) is 19.6 Å². The van der Waals surface area contributed by atoms with E-state index in [1.54, 1.807) is 55.6 Å². The van der Waals surface area contributed by atoms with Gasteiger partial charge in [0.15, 0.2) is 6.61 Å². The summed E-state index contributed by atoms with van der Waals surface area (Å²) in [5.74, 6) is 0.711. The summed E-state index contributed by atoms with van der Waals surface area (Å²) in [6, 6.07) is 24.7. The number of rotatable bonds is 13. The monoisotopic (exact) mass is 633 g/mol. The molecule has 0 aliphatic carbocycles. The number of furan rings is 1. The standard InChI is InChI=1S/C33H35N3O8S/c1-41-27-11-9-25(10-12-27)23-36(32(26-6-3-2-4-7-26)33(38)34-22-29-8-5-19-43-29)31(37)24-44-28-13-15-30(16-14-28)45(39,40)35-17-20-42-21-18-35/h2-16,19,32H,17-18,20-24H2,1H3,(H,34,38)/t32-/m0/s1. The highest BCUT2D eigenvalue weighted by Gasteiger charge is 2.32. The molecule has 1 fully saturated rings. The molecule has 3 aromatic carbocycles. The van der Waals surface area contributed by atoms with E-state index in [4.69, 9.17) is 18.6 Å². The molecular weight excluding hydrogens is 598 g/mol. The second-order valence-corrected chi connectivity index (χ2v) is 12.2. The van der Waals surface area contributed by atoms with Crippen LogP contribution in [0.2, 0.25) is 0 Å². The summed E-state index contributed by atoms with van der Waals surface area (Å²) < 4.78 is 49.1. The van der Waals surface area contributed by atoms with Crippen molar-refractivity contribution in [2.45, 2.75) is 24.0 Å². The molecule has 2 heterocycles. The summed E-state index contributed by atoms with van der Waals surface area (Å²) in [7, 11) is -2.10. The summed E-state index contributed by atoms with van der Waals surface area (Å²) in [6.45, 7) is 1.14. The van der Waals surface area contributed by atoms with Gasteiger partial charge in [-0.25, -0.2) is 8.42 Å². The number of hydrogen-bond donors (Lipinski definition) is 1. The Kier molecular flexibility index (Phi) is 10.5. The number of morpholine rings is 1. The average molecular weight is 634 g/mol. The second-order valence-electron chi connectivity index (χ2n) is 10.3. The van der Waals surface area contributed by atoms with Gasteiger partial charge in [0.2, 0.25) is 15.9 Å². The smallest absolute Gasteiger partial charge is 0.261 e. The van der Waals surface area contributed by atoms with Crippen LogP contribution in [-0.2, 0) is 37.4 Å². The minimum atomic E-state index is -3.67. The van der Waals surface area contributed by atoms with E-state index in [0.717, 1.165) is 5.56 Å². The van der Waals surface area contributed by atoms with Crippen molar-refractivity contribution < 1.29 is 36.6 Å². The molecule has 45 heavy (non-hydrogen) atoms. The van der Waals surface area contributed by atoms with Crippen LogP contribution in [0.1, 0.15) is 22.9 Å². The van der Waals surface area contributed by atoms with Gasteiger partial charge in [0.1, 0.15) is 23.3 Å². The zero-order valence-corrected chi connectivity index (χ0v) is 25.6. The van der Waals surface area contributed by atoms with Crippen LogP contribution in [0.5, 0.6) is 11.5 Å². The first-order valence-electron chi connectivity index (χ1n) is 14.4. The van der Waals surface area contributed by atoms with Gasteiger partial charge in [-0.05, 0) is 59.7 Å². The van der Waals surface area contributed by atoms with Crippen molar-refractivity contribution in [2.24, 2.45) is 0 Å². The van der Waals surface area contributed by atoms with Crippen molar-refractivity contribution >= 4 is 21.8 Å². The SMILES string of the molecule is COc1ccc(CN(C(=O)COc2ccc(S(=O)(=O)N3CCOCC3)cc2)[C@H](C(=O)NCc2ccco2)c2ccccc2)cc1. The molecule has 12 heteroatoms. The number of amides is 2. The Labute approximate surface area is 262 Å². The van der Waals surface area contributed by atoms with Gasteiger partial charge in [-0.15, -0.1) is 0 Å². The van der Waals surface area contributed by atoms with E-state index in [1.807, 2.05) is 18.2 Å². The lowest BCUT2D eigenvalue weighted by atomic mass is 10.0. The molecule has 1 saturated heterocycles. The van der Waals surface area contributed by atoms with E-state index in [1.165, 1.54) is 39.7 Å². The quantitative estimate of drug-likeness (QED) is 0.236. The maximum absolute atomic E-state index is 13.9. The van der Waals surface area contributed by atoms with Crippen molar-refractivity contribution in [1.29, 1.82) is 0 Å². The Morgan fingerprint density at radius 2 is 1.60 bits per heavy atom. The molecule has 1 N–H and O–H groups in total. The van der Waals surface area contributed by atoms with Crippen LogP contribution >= 0.6 is 0 Å². The minimum absolute atomic E-state index is 0.108. The normalized spacial score (nSPS) is 14.3. The maximum Gasteiger partial charge on any atom is 0.261 e. The van der Waals surface area contributed by atoms with E-state index in [2.05, 4.69) is 5.32 Å². The van der Waals surface area contributed by atoms with Crippen LogP contribution in [0.15, 0.2) is 107 Å². The zero-order chi connectivity index (χ0) is 31.6. The Bertz CT molecular complexity index is 1640. The van der Waals surface area contributed by atoms with Crippen LogP contribution < -0.4 is 14.8 Å². The van der Waals surface area contributed by atoms with E-state index in [0.29, 0.717) is 36.0 Å². The van der Waals surface area contributed by atoms with Crippen LogP contribution in [-0.4, -0.2) is 69.5 Å². The second kappa shape index (κ2) is 14.9. The topological polar surface area (TPSA) is 128 Å². The number of nitrogens with zero attached hydrogens (tertiary/aromatic N) is 2. The molecule has 1 atom stereocenters. The molecule has 0 radical (unpaired) electrons. The number of nitrogens with one attached hydrogen (secondary N) is 1. The van der Waals surface area contributed by atoms with Crippen LogP contribution in [0.4, 0.5) is 0 Å². The Balaban J connectivity index is 1.36. The number of benzene rings is 3. The van der Waals surface area contributed by atoms with E-state index >= 15 is 0 Å². The van der Waals surface area contributed by atoms with Crippen LogP contribution in [0.3, 0.4) is 0 Å². The summed E-state index contributed by atoms with van der Waals surface area (Å²) in [4.78, 5) is 29.2. The van der Waals surface area contributed by atoms with Crippen molar-refractivity contribution in [2.75, 3.05) is 40.0 Å².